The Morgan fingerprint density at radius 1 is 1.11 bits per heavy atom. The van der Waals surface area contributed by atoms with Crippen LogP contribution in [-0.2, 0) is 9.53 Å². The van der Waals surface area contributed by atoms with Gasteiger partial charge >= 0.3 is 5.97 Å². The summed E-state index contributed by atoms with van der Waals surface area (Å²) in [6.45, 7) is 8.02. The molecule has 2 heterocycles. The number of nitrogens with zero attached hydrogens (tertiary/aromatic N) is 2. The molecule has 0 aliphatic carbocycles. The van der Waals surface area contributed by atoms with E-state index in [2.05, 4.69) is 9.80 Å². The number of piperidine rings is 1. The summed E-state index contributed by atoms with van der Waals surface area (Å²) < 4.78 is 5.19. The fourth-order valence-electron chi connectivity index (χ4n) is 3.04. The first kappa shape index (κ1) is 13.8. The van der Waals surface area contributed by atoms with Crippen LogP contribution in [0.3, 0.4) is 0 Å². The molecular formula is C14H26N2O2. The van der Waals surface area contributed by atoms with E-state index in [0.717, 1.165) is 32.5 Å². The zero-order valence-corrected chi connectivity index (χ0v) is 11.6. The molecule has 2 aliphatic rings. The molecule has 0 amide bonds. The molecule has 1 unspecified atom stereocenters. The normalized spacial score (nSPS) is 26.4. The van der Waals surface area contributed by atoms with Gasteiger partial charge in [0.1, 0.15) is 6.04 Å². The fraction of sp³-hybridized carbons (Fsp3) is 0.929. The summed E-state index contributed by atoms with van der Waals surface area (Å²) in [5, 5.41) is 0. The third-order valence-corrected chi connectivity index (χ3v) is 4.07. The van der Waals surface area contributed by atoms with Crippen molar-refractivity contribution in [2.75, 3.05) is 39.3 Å². The van der Waals surface area contributed by atoms with Crippen LogP contribution in [0.4, 0.5) is 0 Å². The van der Waals surface area contributed by atoms with Crippen LogP contribution in [0.2, 0.25) is 0 Å². The third-order valence-electron chi connectivity index (χ3n) is 4.07. The molecule has 18 heavy (non-hydrogen) atoms. The number of likely N-dealkylation sites (tertiary alicyclic amines) is 2. The molecule has 0 aromatic heterocycles. The summed E-state index contributed by atoms with van der Waals surface area (Å²) in [5.41, 5.74) is 0. The van der Waals surface area contributed by atoms with Crippen molar-refractivity contribution in [3.63, 3.8) is 0 Å². The maximum atomic E-state index is 11.9. The average molecular weight is 254 g/mol. The minimum atomic E-state index is -0.0152. The summed E-state index contributed by atoms with van der Waals surface area (Å²) >= 11 is 0. The summed E-state index contributed by atoms with van der Waals surface area (Å²) in [6, 6.07) is 0.0151. The van der Waals surface area contributed by atoms with E-state index in [4.69, 9.17) is 4.74 Å². The predicted molar refractivity (Wildman–Crippen MR) is 71.5 cm³/mol. The van der Waals surface area contributed by atoms with E-state index in [1.165, 1.54) is 32.4 Å². The summed E-state index contributed by atoms with van der Waals surface area (Å²) in [7, 11) is 0. The Kier molecular flexibility index (Phi) is 5.45. The van der Waals surface area contributed by atoms with Crippen LogP contribution in [0.25, 0.3) is 0 Å². The summed E-state index contributed by atoms with van der Waals surface area (Å²) in [5.74, 6) is -0.0152. The van der Waals surface area contributed by atoms with Gasteiger partial charge in [0.2, 0.25) is 0 Å². The van der Waals surface area contributed by atoms with Crippen molar-refractivity contribution in [2.24, 2.45) is 0 Å². The lowest BCUT2D eigenvalue weighted by Crippen LogP contribution is -2.48. The van der Waals surface area contributed by atoms with Gasteiger partial charge in [0.05, 0.1) is 6.61 Å². The van der Waals surface area contributed by atoms with Gasteiger partial charge in [-0.3, -0.25) is 9.69 Å². The Morgan fingerprint density at radius 3 is 2.56 bits per heavy atom. The number of hydrogen-bond donors (Lipinski definition) is 0. The molecule has 104 valence electrons. The van der Waals surface area contributed by atoms with Gasteiger partial charge in [-0.25, -0.2) is 0 Å². The quantitative estimate of drug-likeness (QED) is 0.696. The molecule has 0 aromatic carbocycles. The maximum absolute atomic E-state index is 11.9. The molecule has 2 rings (SSSR count). The monoisotopic (exact) mass is 254 g/mol. The highest BCUT2D eigenvalue weighted by Crippen LogP contribution is 2.18. The van der Waals surface area contributed by atoms with Gasteiger partial charge in [-0.15, -0.1) is 0 Å². The van der Waals surface area contributed by atoms with Crippen molar-refractivity contribution in [3.8, 4) is 0 Å². The molecule has 4 heteroatoms. The molecule has 0 saturated carbocycles. The minimum absolute atomic E-state index is 0.0151. The number of hydrogen-bond acceptors (Lipinski definition) is 4. The van der Waals surface area contributed by atoms with E-state index in [1.807, 2.05) is 6.92 Å². The molecule has 4 nitrogen and oxygen atoms in total. The number of esters is 1. The number of rotatable bonds is 5. The SMILES string of the molecule is CCOC(=O)C1CCCCN1CCN1CCCC1. The van der Waals surface area contributed by atoms with Crippen molar-refractivity contribution in [1.29, 1.82) is 0 Å². The second-order valence-electron chi connectivity index (χ2n) is 5.35. The zero-order chi connectivity index (χ0) is 12.8. The van der Waals surface area contributed by atoms with Gasteiger partial charge in [0, 0.05) is 13.1 Å². The van der Waals surface area contributed by atoms with E-state index < -0.39 is 0 Å². The molecule has 1 atom stereocenters. The third kappa shape index (κ3) is 3.69. The first-order chi connectivity index (χ1) is 8.81. The molecule has 0 spiro atoms. The Hall–Kier alpha value is -0.610. The second-order valence-corrected chi connectivity index (χ2v) is 5.35. The second kappa shape index (κ2) is 7.10. The lowest BCUT2D eigenvalue weighted by molar-refractivity contribution is -0.151. The Morgan fingerprint density at radius 2 is 1.83 bits per heavy atom. The minimum Gasteiger partial charge on any atom is -0.465 e. The topological polar surface area (TPSA) is 32.8 Å². The van der Waals surface area contributed by atoms with Gasteiger partial charge in [-0.2, -0.15) is 0 Å². The van der Waals surface area contributed by atoms with Crippen molar-refractivity contribution in [1.82, 2.24) is 9.80 Å². The molecular weight excluding hydrogens is 228 g/mol. The van der Waals surface area contributed by atoms with Crippen LogP contribution in [0.1, 0.15) is 39.0 Å². The molecule has 0 radical (unpaired) electrons. The molecule has 0 N–H and O–H groups in total. The maximum Gasteiger partial charge on any atom is 0.323 e. The predicted octanol–water partition coefficient (Wildman–Crippen LogP) is 1.50. The van der Waals surface area contributed by atoms with Crippen LogP contribution in [0.5, 0.6) is 0 Å². The highest BCUT2D eigenvalue weighted by molar-refractivity contribution is 5.75. The van der Waals surface area contributed by atoms with Gasteiger partial charge in [0.25, 0.3) is 0 Å². The van der Waals surface area contributed by atoms with Crippen LogP contribution < -0.4 is 0 Å². The van der Waals surface area contributed by atoms with Crippen molar-refractivity contribution >= 4 is 5.97 Å². The first-order valence-corrected chi connectivity index (χ1v) is 7.44. The Balaban J connectivity index is 1.80. The molecule has 0 aromatic rings. The molecule has 2 aliphatic heterocycles. The van der Waals surface area contributed by atoms with Crippen LogP contribution in [-0.4, -0.2) is 61.1 Å². The zero-order valence-electron chi connectivity index (χ0n) is 11.6. The van der Waals surface area contributed by atoms with Gasteiger partial charge < -0.3 is 9.64 Å². The summed E-state index contributed by atoms with van der Waals surface area (Å²) in [6.07, 6.45) is 6.01. The molecule has 0 bridgehead atoms. The van der Waals surface area contributed by atoms with E-state index in [0.29, 0.717) is 6.61 Å². The lowest BCUT2D eigenvalue weighted by Gasteiger charge is -2.34. The van der Waals surface area contributed by atoms with Crippen LogP contribution >= 0.6 is 0 Å². The molecule has 2 fully saturated rings. The van der Waals surface area contributed by atoms with Crippen LogP contribution in [0, 0.1) is 0 Å². The Labute approximate surface area is 110 Å². The highest BCUT2D eigenvalue weighted by atomic mass is 16.5. The van der Waals surface area contributed by atoms with E-state index >= 15 is 0 Å². The number of carbonyl (C=O) groups is 1. The van der Waals surface area contributed by atoms with Crippen molar-refractivity contribution in [3.05, 3.63) is 0 Å². The molecule has 2 saturated heterocycles. The van der Waals surface area contributed by atoms with Crippen molar-refractivity contribution in [2.45, 2.75) is 45.1 Å². The lowest BCUT2D eigenvalue weighted by atomic mass is 10.0. The standard InChI is InChI=1S/C14H26N2O2/c1-2-18-14(17)13-7-3-4-10-16(13)12-11-15-8-5-6-9-15/h13H,2-12H2,1H3. The van der Waals surface area contributed by atoms with Gasteiger partial charge in [-0.05, 0) is 52.2 Å². The van der Waals surface area contributed by atoms with Gasteiger partial charge in [0.15, 0.2) is 0 Å². The fourth-order valence-corrected chi connectivity index (χ4v) is 3.04. The van der Waals surface area contributed by atoms with Gasteiger partial charge in [-0.1, -0.05) is 6.42 Å². The van der Waals surface area contributed by atoms with Crippen molar-refractivity contribution < 1.29 is 9.53 Å². The van der Waals surface area contributed by atoms with Crippen LogP contribution in [0.15, 0.2) is 0 Å². The largest absolute Gasteiger partial charge is 0.465 e. The first-order valence-electron chi connectivity index (χ1n) is 7.44. The summed E-state index contributed by atoms with van der Waals surface area (Å²) in [4.78, 5) is 16.8. The number of carbonyl (C=O) groups excluding carboxylic acids is 1. The number of ether oxygens (including phenoxy) is 1. The van der Waals surface area contributed by atoms with E-state index in [1.54, 1.807) is 0 Å². The average Bonchev–Trinajstić information content (AvgIpc) is 2.90. The smallest absolute Gasteiger partial charge is 0.323 e. The van der Waals surface area contributed by atoms with E-state index in [9.17, 15) is 4.79 Å². The highest BCUT2D eigenvalue weighted by Gasteiger charge is 2.29. The van der Waals surface area contributed by atoms with E-state index in [-0.39, 0.29) is 12.0 Å². The Bertz CT molecular complexity index is 265.